The summed E-state index contributed by atoms with van der Waals surface area (Å²) in [7, 11) is 1.62. The molecule has 0 bridgehead atoms. The lowest BCUT2D eigenvalue weighted by Crippen LogP contribution is -2.53. The highest BCUT2D eigenvalue weighted by Gasteiger charge is 2.51. The summed E-state index contributed by atoms with van der Waals surface area (Å²) in [6.07, 6.45) is -0.0973. The third-order valence-corrected chi connectivity index (χ3v) is 7.86. The molecule has 2 unspecified atom stereocenters. The van der Waals surface area contributed by atoms with Crippen LogP contribution < -0.4 is 14.8 Å². The van der Waals surface area contributed by atoms with E-state index in [1.807, 2.05) is 90.4 Å². The second kappa shape index (κ2) is 11.7. The number of methoxy groups -OCH3 is 1. The van der Waals surface area contributed by atoms with E-state index in [9.17, 15) is 4.79 Å². The van der Waals surface area contributed by atoms with Gasteiger partial charge in [0.25, 0.3) is 0 Å². The van der Waals surface area contributed by atoms with Gasteiger partial charge in [0.1, 0.15) is 22.9 Å². The number of halogens is 2. The molecule has 3 aromatic carbocycles. The topological polar surface area (TPSA) is 66.4 Å². The molecule has 2 amide bonds. The molecule has 2 heterocycles. The van der Waals surface area contributed by atoms with E-state index in [1.54, 1.807) is 7.11 Å². The number of carbonyl (C=O) groups is 1. The summed E-state index contributed by atoms with van der Waals surface area (Å²) in [5, 5.41) is 4.60. The van der Waals surface area contributed by atoms with Crippen LogP contribution in [0.1, 0.15) is 43.5 Å². The van der Waals surface area contributed by atoms with Crippen LogP contribution in [0.4, 0.5) is 4.79 Å². The van der Waals surface area contributed by atoms with Gasteiger partial charge in [-0.15, -0.1) is 0 Å². The Morgan fingerprint density at radius 2 is 1.62 bits per heavy atom. The first-order valence-corrected chi connectivity index (χ1v) is 14.2. The van der Waals surface area contributed by atoms with E-state index in [1.165, 1.54) is 0 Å². The summed E-state index contributed by atoms with van der Waals surface area (Å²) in [6.45, 7) is 8.67. The number of hydrogen-bond donors (Lipinski definition) is 1. The normalized spacial score (nSPS) is 21.0. The van der Waals surface area contributed by atoms with Crippen molar-refractivity contribution in [3.05, 3.63) is 93.5 Å². The summed E-state index contributed by atoms with van der Waals surface area (Å²) in [5.41, 5.74) is 1.73. The Balaban J connectivity index is 1.75. The number of urea groups is 1. The van der Waals surface area contributed by atoms with Crippen molar-refractivity contribution in [1.82, 2.24) is 15.1 Å². The number of amides is 2. The van der Waals surface area contributed by atoms with Crippen molar-refractivity contribution in [1.29, 1.82) is 0 Å². The Bertz CT molecular complexity index is 1390. The van der Waals surface area contributed by atoms with Crippen LogP contribution in [0.2, 0.25) is 10.0 Å². The number of aliphatic imine (C=N–C) groups is 1. The molecule has 1 fully saturated rings. The van der Waals surface area contributed by atoms with Gasteiger partial charge in [-0.3, -0.25) is 9.89 Å². The van der Waals surface area contributed by atoms with Gasteiger partial charge in [0, 0.05) is 42.3 Å². The van der Waals surface area contributed by atoms with Gasteiger partial charge >= 0.3 is 6.03 Å². The highest BCUT2D eigenvalue weighted by molar-refractivity contribution is 6.30. The van der Waals surface area contributed by atoms with Crippen LogP contribution in [0.15, 0.2) is 71.7 Å². The summed E-state index contributed by atoms with van der Waals surface area (Å²) in [6, 6.07) is 20.4. The molecular formula is C31H34Cl2N4O3. The molecule has 2 atom stereocenters. The molecule has 2 aliphatic rings. The van der Waals surface area contributed by atoms with E-state index in [2.05, 4.69) is 12.2 Å². The number of amidine groups is 1. The van der Waals surface area contributed by atoms with Crippen LogP contribution in [-0.2, 0) is 5.54 Å². The van der Waals surface area contributed by atoms with Crippen LogP contribution in [0.25, 0.3) is 0 Å². The molecule has 7 nitrogen and oxygen atoms in total. The van der Waals surface area contributed by atoms with Crippen LogP contribution >= 0.6 is 23.2 Å². The standard InChI is InChI=1S/C31H34Cl2N4O3/c1-20(2)40-27-19-25(39-4)13-14-26(27)29-35-31(3,22-7-11-24(33)12-8-22)28(21-5-9-23(32)10-6-21)37(29)30(38)36-17-15-34-16-18-36/h5-14,19-20,28,34H,15-18H2,1-4H3. The molecule has 210 valence electrons. The summed E-state index contributed by atoms with van der Waals surface area (Å²) in [5.74, 6) is 1.80. The minimum Gasteiger partial charge on any atom is -0.497 e. The van der Waals surface area contributed by atoms with Crippen molar-refractivity contribution in [3.63, 3.8) is 0 Å². The SMILES string of the molecule is COc1ccc(C2=NC(C)(c3ccc(Cl)cc3)C(c3ccc(Cl)cc3)N2C(=O)N2CCNCC2)c(OC(C)C)c1. The summed E-state index contributed by atoms with van der Waals surface area (Å²) < 4.78 is 11.8. The summed E-state index contributed by atoms with van der Waals surface area (Å²) in [4.78, 5) is 23.6. The number of piperazine rings is 1. The number of benzene rings is 3. The zero-order valence-electron chi connectivity index (χ0n) is 23.2. The molecule has 5 rings (SSSR count). The first-order chi connectivity index (χ1) is 19.2. The Hall–Kier alpha value is -3.26. The molecular weight excluding hydrogens is 547 g/mol. The molecule has 0 aromatic heterocycles. The first-order valence-electron chi connectivity index (χ1n) is 13.5. The fraction of sp³-hybridized carbons (Fsp3) is 0.355. The van der Waals surface area contributed by atoms with Crippen molar-refractivity contribution in [2.75, 3.05) is 33.3 Å². The van der Waals surface area contributed by atoms with Gasteiger partial charge < -0.3 is 19.7 Å². The quantitative estimate of drug-likeness (QED) is 0.360. The lowest BCUT2D eigenvalue weighted by Gasteiger charge is -2.39. The number of nitrogens with one attached hydrogen (secondary N) is 1. The number of carbonyl (C=O) groups excluding carboxylic acids is 1. The summed E-state index contributed by atoms with van der Waals surface area (Å²) >= 11 is 12.6. The van der Waals surface area contributed by atoms with Crippen LogP contribution in [-0.4, -0.2) is 61.1 Å². The lowest BCUT2D eigenvalue weighted by molar-refractivity contribution is 0.148. The van der Waals surface area contributed by atoms with E-state index in [-0.39, 0.29) is 12.1 Å². The molecule has 1 N–H and O–H groups in total. The van der Waals surface area contributed by atoms with Gasteiger partial charge in [-0.25, -0.2) is 4.79 Å². The van der Waals surface area contributed by atoms with Gasteiger partial charge in [0.2, 0.25) is 0 Å². The highest BCUT2D eigenvalue weighted by atomic mass is 35.5. The minimum absolute atomic E-state index is 0.0973. The van der Waals surface area contributed by atoms with E-state index in [0.717, 1.165) is 29.8 Å². The number of nitrogens with zero attached hydrogens (tertiary/aromatic N) is 3. The molecule has 3 aromatic rings. The molecule has 0 aliphatic carbocycles. The number of rotatable bonds is 6. The first kappa shape index (κ1) is 28.3. The largest absolute Gasteiger partial charge is 0.497 e. The van der Waals surface area contributed by atoms with Crippen LogP contribution in [0, 0.1) is 0 Å². The molecule has 2 aliphatic heterocycles. The molecule has 1 saturated heterocycles. The van der Waals surface area contributed by atoms with E-state index < -0.39 is 11.6 Å². The minimum atomic E-state index is -0.841. The van der Waals surface area contributed by atoms with Crippen molar-refractivity contribution in [2.45, 2.75) is 38.5 Å². The maximum absolute atomic E-state index is 14.5. The van der Waals surface area contributed by atoms with Crippen LogP contribution in [0.5, 0.6) is 11.5 Å². The smallest absolute Gasteiger partial charge is 0.326 e. The Kier molecular flexibility index (Phi) is 8.26. The van der Waals surface area contributed by atoms with Crippen molar-refractivity contribution in [3.8, 4) is 11.5 Å². The monoisotopic (exact) mass is 580 g/mol. The zero-order valence-corrected chi connectivity index (χ0v) is 24.7. The zero-order chi connectivity index (χ0) is 28.4. The van der Waals surface area contributed by atoms with E-state index in [0.29, 0.717) is 40.5 Å². The molecule has 40 heavy (non-hydrogen) atoms. The van der Waals surface area contributed by atoms with Crippen LogP contribution in [0.3, 0.4) is 0 Å². The molecule has 0 saturated carbocycles. The predicted molar refractivity (Wildman–Crippen MR) is 160 cm³/mol. The fourth-order valence-corrected chi connectivity index (χ4v) is 5.65. The Morgan fingerprint density at radius 3 is 2.23 bits per heavy atom. The fourth-order valence-electron chi connectivity index (χ4n) is 5.40. The maximum Gasteiger partial charge on any atom is 0.326 e. The number of hydrogen-bond acceptors (Lipinski definition) is 5. The lowest BCUT2D eigenvalue weighted by atomic mass is 9.81. The van der Waals surface area contributed by atoms with Gasteiger partial charge in [-0.1, -0.05) is 47.5 Å². The van der Waals surface area contributed by atoms with Gasteiger partial charge in [0.05, 0.1) is 24.8 Å². The third kappa shape index (κ3) is 5.51. The molecule has 9 heteroatoms. The average molecular weight is 582 g/mol. The Morgan fingerprint density at radius 1 is 1.00 bits per heavy atom. The second-order valence-electron chi connectivity index (χ2n) is 10.5. The predicted octanol–water partition coefficient (Wildman–Crippen LogP) is 6.53. The molecule has 0 spiro atoms. The maximum atomic E-state index is 14.5. The Labute approximate surface area is 245 Å². The average Bonchev–Trinajstić information content (AvgIpc) is 3.27. The third-order valence-electron chi connectivity index (χ3n) is 7.36. The van der Waals surface area contributed by atoms with Gasteiger partial charge in [0.15, 0.2) is 0 Å². The van der Waals surface area contributed by atoms with E-state index in [4.69, 9.17) is 37.7 Å². The highest BCUT2D eigenvalue weighted by Crippen LogP contribution is 2.50. The van der Waals surface area contributed by atoms with E-state index >= 15 is 0 Å². The molecule has 0 radical (unpaired) electrons. The van der Waals surface area contributed by atoms with Gasteiger partial charge in [-0.05, 0) is 68.3 Å². The van der Waals surface area contributed by atoms with Crippen molar-refractivity contribution < 1.29 is 14.3 Å². The van der Waals surface area contributed by atoms with Crippen molar-refractivity contribution >= 4 is 35.1 Å². The second-order valence-corrected chi connectivity index (χ2v) is 11.3. The van der Waals surface area contributed by atoms with Crippen molar-refractivity contribution in [2.24, 2.45) is 4.99 Å². The van der Waals surface area contributed by atoms with Gasteiger partial charge in [-0.2, -0.15) is 0 Å². The number of ether oxygens (including phenoxy) is 2.